The van der Waals surface area contributed by atoms with Crippen LogP contribution in [0.15, 0.2) is 30.6 Å². The molecule has 0 amide bonds. The zero-order valence-corrected chi connectivity index (χ0v) is 17.3. The zero-order chi connectivity index (χ0) is 18.7. The molecule has 3 aromatic rings. The van der Waals surface area contributed by atoms with E-state index in [0.29, 0.717) is 0 Å². The van der Waals surface area contributed by atoms with E-state index in [1.165, 1.54) is 10.4 Å². The van der Waals surface area contributed by atoms with E-state index in [1.54, 1.807) is 17.7 Å². The summed E-state index contributed by atoms with van der Waals surface area (Å²) in [6.07, 6.45) is 1.64. The Morgan fingerprint density at radius 2 is 1.88 bits per heavy atom. The molecule has 0 aliphatic rings. The van der Waals surface area contributed by atoms with Gasteiger partial charge in [-0.2, -0.15) is 0 Å². The van der Waals surface area contributed by atoms with Crippen molar-refractivity contribution in [2.24, 2.45) is 0 Å². The number of nitrogens with one attached hydrogen (secondary N) is 1. The van der Waals surface area contributed by atoms with Crippen LogP contribution in [-0.2, 0) is 0 Å². The normalized spacial score (nSPS) is 12.7. The van der Waals surface area contributed by atoms with E-state index in [2.05, 4.69) is 53.9 Å². The van der Waals surface area contributed by atoms with Crippen LogP contribution in [0, 0.1) is 13.8 Å². The predicted octanol–water partition coefficient (Wildman–Crippen LogP) is 5.46. The summed E-state index contributed by atoms with van der Waals surface area (Å²) in [5.74, 6) is 0.904. The van der Waals surface area contributed by atoms with Crippen molar-refractivity contribution < 1.29 is 0 Å². The second-order valence-electron chi connectivity index (χ2n) is 6.33. The second-order valence-corrected chi connectivity index (χ2v) is 7.94. The summed E-state index contributed by atoms with van der Waals surface area (Å²) in [6, 6.07) is 8.28. The van der Waals surface area contributed by atoms with Gasteiger partial charge in [-0.3, -0.25) is 4.90 Å². The maximum atomic E-state index is 6.50. The molecule has 26 heavy (non-hydrogen) atoms. The van der Waals surface area contributed by atoms with Gasteiger partial charge in [0.15, 0.2) is 0 Å². The summed E-state index contributed by atoms with van der Waals surface area (Å²) in [7, 11) is 0. The summed E-state index contributed by atoms with van der Waals surface area (Å²) in [6.45, 7) is 11.3. The van der Waals surface area contributed by atoms with E-state index in [9.17, 15) is 0 Å². The molecule has 0 spiro atoms. The molecule has 6 heteroatoms. The minimum atomic E-state index is 0.184. The highest BCUT2D eigenvalue weighted by Crippen LogP contribution is 2.33. The molecule has 1 aromatic carbocycles. The maximum absolute atomic E-state index is 6.50. The monoisotopic (exact) mass is 388 g/mol. The minimum Gasteiger partial charge on any atom is -0.367 e. The van der Waals surface area contributed by atoms with Gasteiger partial charge in [0.1, 0.15) is 17.0 Å². The third kappa shape index (κ3) is 3.70. The third-order valence-electron chi connectivity index (χ3n) is 4.95. The molecule has 3 rings (SSSR count). The van der Waals surface area contributed by atoms with E-state index in [0.717, 1.165) is 46.3 Å². The largest absolute Gasteiger partial charge is 0.367 e. The van der Waals surface area contributed by atoms with Gasteiger partial charge in [0.2, 0.25) is 0 Å². The number of fused-ring (bicyclic) bond motifs is 1. The number of halogens is 1. The van der Waals surface area contributed by atoms with E-state index in [-0.39, 0.29) is 6.04 Å². The number of thiophene rings is 1. The number of benzene rings is 1. The summed E-state index contributed by atoms with van der Waals surface area (Å²) >= 11 is 8.22. The van der Waals surface area contributed by atoms with Gasteiger partial charge in [-0.05, 0) is 44.1 Å². The van der Waals surface area contributed by atoms with Crippen molar-refractivity contribution in [3.05, 3.63) is 51.6 Å². The van der Waals surface area contributed by atoms with Crippen molar-refractivity contribution in [3.63, 3.8) is 0 Å². The first-order valence-corrected chi connectivity index (χ1v) is 10.2. The Morgan fingerprint density at radius 3 is 2.58 bits per heavy atom. The van der Waals surface area contributed by atoms with Crippen molar-refractivity contribution in [1.82, 2.24) is 14.9 Å². The average Bonchev–Trinajstić information content (AvgIpc) is 2.94. The van der Waals surface area contributed by atoms with E-state index in [4.69, 9.17) is 11.6 Å². The summed E-state index contributed by atoms with van der Waals surface area (Å²) < 4.78 is 0. The molecular weight excluding hydrogens is 364 g/mol. The molecule has 138 valence electrons. The van der Waals surface area contributed by atoms with Gasteiger partial charge in [-0.1, -0.05) is 43.6 Å². The van der Waals surface area contributed by atoms with Gasteiger partial charge in [0.05, 0.1) is 11.4 Å². The Morgan fingerprint density at radius 1 is 1.15 bits per heavy atom. The molecule has 0 bridgehead atoms. The SMILES string of the molecule is CCN(CC)C(CNc1ncnc2sc(C)c(C)c12)c1ccccc1Cl. The van der Waals surface area contributed by atoms with Crippen LogP contribution in [-0.4, -0.2) is 34.5 Å². The van der Waals surface area contributed by atoms with Gasteiger partial charge in [-0.15, -0.1) is 11.3 Å². The minimum absolute atomic E-state index is 0.184. The van der Waals surface area contributed by atoms with Crippen LogP contribution in [0.25, 0.3) is 10.2 Å². The van der Waals surface area contributed by atoms with Gasteiger partial charge in [-0.25, -0.2) is 9.97 Å². The Hall–Kier alpha value is -1.69. The van der Waals surface area contributed by atoms with Crippen molar-refractivity contribution in [1.29, 1.82) is 0 Å². The van der Waals surface area contributed by atoms with E-state index in [1.807, 2.05) is 18.2 Å². The van der Waals surface area contributed by atoms with E-state index >= 15 is 0 Å². The lowest BCUT2D eigenvalue weighted by Crippen LogP contribution is -2.33. The highest BCUT2D eigenvalue weighted by Gasteiger charge is 2.21. The predicted molar refractivity (Wildman–Crippen MR) is 112 cm³/mol. The molecule has 0 aliphatic carbocycles. The first-order valence-electron chi connectivity index (χ1n) is 8.99. The number of rotatable bonds is 7. The standard InChI is InChI=1S/C20H25ClN4S/c1-5-25(6-2)17(15-9-7-8-10-16(15)21)11-22-19-18-13(3)14(4)26-20(18)24-12-23-19/h7-10,12,17H,5-6,11H2,1-4H3,(H,22,23,24). The molecule has 1 N–H and O–H groups in total. The molecule has 0 radical (unpaired) electrons. The van der Waals surface area contributed by atoms with Crippen LogP contribution in [0.4, 0.5) is 5.82 Å². The lowest BCUT2D eigenvalue weighted by Gasteiger charge is -2.31. The van der Waals surface area contributed by atoms with Crippen LogP contribution >= 0.6 is 22.9 Å². The van der Waals surface area contributed by atoms with Crippen molar-refractivity contribution >= 4 is 39.0 Å². The number of likely N-dealkylation sites (N-methyl/N-ethyl adjacent to an activating group) is 1. The van der Waals surface area contributed by atoms with Crippen LogP contribution in [0.1, 0.15) is 35.9 Å². The highest BCUT2D eigenvalue weighted by molar-refractivity contribution is 7.18. The van der Waals surface area contributed by atoms with Gasteiger partial charge >= 0.3 is 0 Å². The fourth-order valence-electron chi connectivity index (χ4n) is 3.36. The number of aryl methyl sites for hydroxylation is 2. The quantitative estimate of drug-likeness (QED) is 0.583. The van der Waals surface area contributed by atoms with Crippen molar-refractivity contribution in [3.8, 4) is 0 Å². The molecule has 0 saturated carbocycles. The molecule has 0 fully saturated rings. The number of hydrogen-bond acceptors (Lipinski definition) is 5. The smallest absolute Gasteiger partial charge is 0.138 e. The third-order valence-corrected chi connectivity index (χ3v) is 6.41. The number of nitrogens with zero attached hydrogens (tertiary/aromatic N) is 3. The zero-order valence-electron chi connectivity index (χ0n) is 15.7. The number of aromatic nitrogens is 2. The van der Waals surface area contributed by atoms with Crippen molar-refractivity contribution in [2.45, 2.75) is 33.7 Å². The van der Waals surface area contributed by atoms with Crippen LogP contribution < -0.4 is 5.32 Å². The first-order chi connectivity index (χ1) is 12.6. The molecule has 2 heterocycles. The van der Waals surface area contributed by atoms with Crippen LogP contribution in [0.2, 0.25) is 5.02 Å². The van der Waals surface area contributed by atoms with Gasteiger partial charge in [0.25, 0.3) is 0 Å². The van der Waals surface area contributed by atoms with Crippen molar-refractivity contribution in [2.75, 3.05) is 25.0 Å². The molecule has 2 aromatic heterocycles. The first kappa shape index (κ1) is 19.1. The number of hydrogen-bond donors (Lipinski definition) is 1. The van der Waals surface area contributed by atoms with Crippen LogP contribution in [0.5, 0.6) is 0 Å². The lowest BCUT2D eigenvalue weighted by atomic mass is 10.0. The molecule has 0 saturated heterocycles. The molecule has 1 atom stereocenters. The Bertz CT molecular complexity index is 889. The van der Waals surface area contributed by atoms with Gasteiger partial charge in [0, 0.05) is 16.4 Å². The molecule has 4 nitrogen and oxygen atoms in total. The van der Waals surface area contributed by atoms with E-state index < -0.39 is 0 Å². The topological polar surface area (TPSA) is 41.0 Å². The Balaban J connectivity index is 1.93. The fourth-order valence-corrected chi connectivity index (χ4v) is 4.61. The Labute approximate surface area is 164 Å². The van der Waals surface area contributed by atoms with Crippen LogP contribution in [0.3, 0.4) is 0 Å². The highest BCUT2D eigenvalue weighted by atomic mass is 35.5. The summed E-state index contributed by atoms with van der Waals surface area (Å²) in [5, 5.41) is 5.51. The molecule has 1 unspecified atom stereocenters. The summed E-state index contributed by atoms with van der Waals surface area (Å²) in [4.78, 5) is 13.7. The molecule has 0 aliphatic heterocycles. The average molecular weight is 389 g/mol. The van der Waals surface area contributed by atoms with Gasteiger partial charge < -0.3 is 5.32 Å². The summed E-state index contributed by atoms with van der Waals surface area (Å²) in [5.41, 5.74) is 2.40. The second kappa shape index (κ2) is 8.33. The number of anilines is 1. The maximum Gasteiger partial charge on any atom is 0.138 e. The fraction of sp³-hybridized carbons (Fsp3) is 0.400. The molecular formula is C20H25ClN4S. The Kier molecular flexibility index (Phi) is 6.12. The lowest BCUT2D eigenvalue weighted by molar-refractivity contribution is 0.228.